The van der Waals surface area contributed by atoms with Crippen LogP contribution in [0.15, 0.2) is 47.5 Å². The van der Waals surface area contributed by atoms with Gasteiger partial charge in [-0.25, -0.2) is 13.4 Å². The molecular formula is C17H17F2N3O3S. The number of nitrogens with one attached hydrogen (secondary N) is 1. The zero-order valence-electron chi connectivity index (χ0n) is 13.7. The van der Waals surface area contributed by atoms with Gasteiger partial charge in [0.15, 0.2) is 0 Å². The van der Waals surface area contributed by atoms with Crippen LogP contribution in [0.2, 0.25) is 0 Å². The summed E-state index contributed by atoms with van der Waals surface area (Å²) in [6.45, 7) is 1.93. The molecule has 2 heterocycles. The molecule has 1 saturated heterocycles. The number of rotatable bonds is 5. The normalized spacial score (nSPS) is 14.7. The number of nitrogens with zero attached hydrogens (tertiary/aromatic N) is 2. The first kappa shape index (κ1) is 18.2. The molecule has 3 rings (SSSR count). The molecular weight excluding hydrogens is 364 g/mol. The highest BCUT2D eigenvalue weighted by molar-refractivity contribution is 7.91. The van der Waals surface area contributed by atoms with Crippen LogP contribution in [0.1, 0.15) is 23.2 Å². The zero-order chi connectivity index (χ0) is 18.7. The molecule has 26 heavy (non-hydrogen) atoms. The summed E-state index contributed by atoms with van der Waals surface area (Å²) in [4.78, 5) is 18.2. The van der Waals surface area contributed by atoms with Crippen molar-refractivity contribution >= 4 is 27.2 Å². The second-order valence-electron chi connectivity index (χ2n) is 5.88. The van der Waals surface area contributed by atoms with Crippen LogP contribution in [0.4, 0.5) is 20.3 Å². The summed E-state index contributed by atoms with van der Waals surface area (Å²) in [6.07, 6.45) is 3.82. The molecule has 138 valence electrons. The molecule has 2 aromatic rings. The molecule has 0 spiro atoms. The average Bonchev–Trinajstić information content (AvgIpc) is 3.17. The predicted molar refractivity (Wildman–Crippen MR) is 93.3 cm³/mol. The number of amides is 1. The van der Waals surface area contributed by atoms with Crippen LogP contribution in [0.5, 0.6) is 0 Å². The molecule has 6 nitrogen and oxygen atoms in total. The van der Waals surface area contributed by atoms with E-state index in [1.54, 1.807) is 12.3 Å². The summed E-state index contributed by atoms with van der Waals surface area (Å²) < 4.78 is 47.8. The quantitative estimate of drug-likeness (QED) is 0.862. The summed E-state index contributed by atoms with van der Waals surface area (Å²) in [5, 5.41) is 2.64. The van der Waals surface area contributed by atoms with E-state index in [1.165, 1.54) is 12.1 Å². The highest BCUT2D eigenvalue weighted by atomic mass is 32.2. The molecule has 1 fully saturated rings. The van der Waals surface area contributed by atoms with Gasteiger partial charge in [-0.2, -0.15) is 8.78 Å². The third-order valence-corrected chi connectivity index (χ3v) is 5.51. The minimum Gasteiger partial charge on any atom is -0.357 e. The Hall–Kier alpha value is -2.55. The van der Waals surface area contributed by atoms with Gasteiger partial charge < -0.3 is 10.2 Å². The lowest BCUT2D eigenvalue weighted by Gasteiger charge is -2.16. The second-order valence-corrected chi connectivity index (χ2v) is 7.80. The van der Waals surface area contributed by atoms with Crippen molar-refractivity contribution < 1.29 is 22.0 Å². The maximum absolute atomic E-state index is 12.5. The third kappa shape index (κ3) is 3.82. The number of alkyl halides is 2. The van der Waals surface area contributed by atoms with Gasteiger partial charge in [0.1, 0.15) is 5.82 Å². The third-order valence-electron chi connectivity index (χ3n) is 4.12. The van der Waals surface area contributed by atoms with Crippen molar-refractivity contribution in [3.63, 3.8) is 0 Å². The minimum atomic E-state index is -4.67. The van der Waals surface area contributed by atoms with Gasteiger partial charge in [-0.3, -0.25) is 4.79 Å². The first-order valence-electron chi connectivity index (χ1n) is 8.02. The smallest absolute Gasteiger partial charge is 0.341 e. The topological polar surface area (TPSA) is 79.4 Å². The van der Waals surface area contributed by atoms with Gasteiger partial charge in [-0.1, -0.05) is 0 Å². The predicted octanol–water partition coefficient (Wildman–Crippen LogP) is 2.93. The Labute approximate surface area is 149 Å². The van der Waals surface area contributed by atoms with Crippen molar-refractivity contribution in [1.82, 2.24) is 4.98 Å². The molecule has 1 aliphatic rings. The van der Waals surface area contributed by atoms with E-state index in [0.717, 1.165) is 43.9 Å². The fourth-order valence-electron chi connectivity index (χ4n) is 2.70. The Balaban J connectivity index is 1.68. The van der Waals surface area contributed by atoms with Gasteiger partial charge in [0, 0.05) is 18.7 Å². The average molecular weight is 381 g/mol. The standard InChI is InChI=1S/C17H17F2N3O3S/c18-17(19)26(24,25)14-6-3-12(4-7-14)16(23)21-13-5-8-15(20-11-13)22-9-1-2-10-22/h3-8,11,17H,1-2,9-10H2,(H,21,23). The van der Waals surface area contributed by atoms with Crippen molar-refractivity contribution in [3.05, 3.63) is 48.2 Å². The van der Waals surface area contributed by atoms with Crippen LogP contribution in [0, 0.1) is 0 Å². The Morgan fingerprint density at radius 2 is 1.73 bits per heavy atom. The number of hydrogen-bond donors (Lipinski definition) is 1. The van der Waals surface area contributed by atoms with Crippen LogP contribution in [-0.4, -0.2) is 38.2 Å². The molecule has 1 N–H and O–H groups in total. The molecule has 1 amide bonds. The molecule has 0 unspecified atom stereocenters. The maximum atomic E-state index is 12.5. The molecule has 0 radical (unpaired) electrons. The van der Waals surface area contributed by atoms with Gasteiger partial charge in [-0.15, -0.1) is 0 Å². The van der Waals surface area contributed by atoms with Crippen molar-refractivity contribution in [2.24, 2.45) is 0 Å². The van der Waals surface area contributed by atoms with E-state index in [0.29, 0.717) is 5.69 Å². The number of hydrogen-bond acceptors (Lipinski definition) is 5. The van der Waals surface area contributed by atoms with Gasteiger partial charge in [0.25, 0.3) is 5.91 Å². The van der Waals surface area contributed by atoms with Gasteiger partial charge in [0.2, 0.25) is 9.84 Å². The SMILES string of the molecule is O=C(Nc1ccc(N2CCCC2)nc1)c1ccc(S(=O)(=O)C(F)F)cc1. The first-order chi connectivity index (χ1) is 12.4. The molecule has 1 aliphatic heterocycles. The molecule has 0 saturated carbocycles. The Kier molecular flexibility index (Phi) is 5.17. The molecule has 0 aliphatic carbocycles. The second kappa shape index (κ2) is 7.36. The highest BCUT2D eigenvalue weighted by Gasteiger charge is 2.26. The fourth-order valence-corrected chi connectivity index (χ4v) is 3.42. The van der Waals surface area contributed by atoms with Crippen molar-refractivity contribution in [2.75, 3.05) is 23.3 Å². The van der Waals surface area contributed by atoms with E-state index in [-0.39, 0.29) is 5.56 Å². The van der Waals surface area contributed by atoms with Crippen molar-refractivity contribution in [1.29, 1.82) is 0 Å². The number of anilines is 2. The summed E-state index contributed by atoms with van der Waals surface area (Å²) >= 11 is 0. The minimum absolute atomic E-state index is 0.154. The van der Waals surface area contributed by atoms with E-state index >= 15 is 0 Å². The molecule has 0 bridgehead atoms. The molecule has 1 aromatic carbocycles. The van der Waals surface area contributed by atoms with E-state index in [9.17, 15) is 22.0 Å². The van der Waals surface area contributed by atoms with Crippen LogP contribution in [-0.2, 0) is 9.84 Å². The highest BCUT2D eigenvalue weighted by Crippen LogP contribution is 2.21. The fraction of sp³-hybridized carbons (Fsp3) is 0.294. The van der Waals surface area contributed by atoms with E-state index in [1.807, 2.05) is 6.07 Å². The summed E-state index contributed by atoms with van der Waals surface area (Å²) in [5.41, 5.74) is 0.643. The number of carbonyl (C=O) groups is 1. The monoisotopic (exact) mass is 381 g/mol. The Morgan fingerprint density at radius 1 is 1.08 bits per heavy atom. The number of carbonyl (C=O) groups excluding carboxylic acids is 1. The lowest BCUT2D eigenvalue weighted by molar-refractivity contribution is 0.102. The molecule has 0 atom stereocenters. The van der Waals surface area contributed by atoms with Gasteiger partial charge in [-0.05, 0) is 49.2 Å². The van der Waals surface area contributed by atoms with Crippen molar-refractivity contribution in [3.8, 4) is 0 Å². The Bertz CT molecular complexity index is 878. The van der Waals surface area contributed by atoms with Crippen LogP contribution in [0.3, 0.4) is 0 Å². The molecule has 9 heteroatoms. The largest absolute Gasteiger partial charge is 0.357 e. The lowest BCUT2D eigenvalue weighted by atomic mass is 10.2. The number of sulfone groups is 1. The van der Waals surface area contributed by atoms with Crippen LogP contribution < -0.4 is 10.2 Å². The molecule has 1 aromatic heterocycles. The Morgan fingerprint density at radius 3 is 2.27 bits per heavy atom. The van der Waals surface area contributed by atoms with E-state index < -0.39 is 26.4 Å². The van der Waals surface area contributed by atoms with Crippen LogP contribution >= 0.6 is 0 Å². The number of aromatic nitrogens is 1. The number of pyridine rings is 1. The van der Waals surface area contributed by atoms with Crippen LogP contribution in [0.25, 0.3) is 0 Å². The summed E-state index contributed by atoms with van der Waals surface area (Å²) in [7, 11) is -4.67. The van der Waals surface area contributed by atoms with E-state index in [4.69, 9.17) is 0 Å². The summed E-state index contributed by atoms with van der Waals surface area (Å²) in [5.74, 6) is -3.13. The summed E-state index contributed by atoms with van der Waals surface area (Å²) in [6, 6.07) is 7.91. The van der Waals surface area contributed by atoms with Gasteiger partial charge in [0.05, 0.1) is 16.8 Å². The maximum Gasteiger partial charge on any atom is 0.341 e. The first-order valence-corrected chi connectivity index (χ1v) is 9.57. The van der Waals surface area contributed by atoms with Gasteiger partial charge >= 0.3 is 5.76 Å². The zero-order valence-corrected chi connectivity index (χ0v) is 14.5. The van der Waals surface area contributed by atoms with E-state index in [2.05, 4.69) is 15.2 Å². The lowest BCUT2D eigenvalue weighted by Crippen LogP contribution is -2.19. The number of halogens is 2. The number of benzene rings is 1. The van der Waals surface area contributed by atoms with Crippen molar-refractivity contribution in [2.45, 2.75) is 23.5 Å².